The van der Waals surface area contributed by atoms with Gasteiger partial charge in [-0.3, -0.25) is 4.79 Å². The van der Waals surface area contributed by atoms with Crippen molar-refractivity contribution < 1.29 is 23.8 Å². The second-order valence-electron chi connectivity index (χ2n) is 6.60. The molecule has 0 atom stereocenters. The number of nitrogens with one attached hydrogen (secondary N) is 1. The van der Waals surface area contributed by atoms with Crippen molar-refractivity contribution >= 4 is 18.1 Å². The molecule has 0 saturated carbocycles. The summed E-state index contributed by atoms with van der Waals surface area (Å²) < 4.78 is 15.9. The smallest absolute Gasteiger partial charge is 0.343 e. The average Bonchev–Trinajstić information content (AvgIpc) is 3.23. The predicted molar refractivity (Wildman–Crippen MR) is 110 cm³/mol. The second kappa shape index (κ2) is 8.48. The molecule has 1 aliphatic rings. The molecule has 0 bridgehead atoms. The van der Waals surface area contributed by atoms with E-state index in [1.165, 1.54) is 6.21 Å². The number of fused-ring (bicyclic) bond motifs is 1. The maximum absolute atomic E-state index is 12.2. The van der Waals surface area contributed by atoms with Crippen molar-refractivity contribution in [1.82, 2.24) is 5.43 Å². The lowest BCUT2D eigenvalue weighted by molar-refractivity contribution is 0.0734. The minimum Gasteiger partial charge on any atom is -0.454 e. The van der Waals surface area contributed by atoms with Crippen LogP contribution in [0.2, 0.25) is 0 Å². The van der Waals surface area contributed by atoms with Crippen LogP contribution in [0.3, 0.4) is 0 Å². The van der Waals surface area contributed by atoms with Gasteiger partial charge in [0.25, 0.3) is 5.91 Å². The van der Waals surface area contributed by atoms with E-state index in [1.54, 1.807) is 54.6 Å². The Hall–Kier alpha value is -4.13. The van der Waals surface area contributed by atoms with E-state index in [2.05, 4.69) is 10.5 Å². The first kappa shape index (κ1) is 19.2. The molecule has 0 saturated heterocycles. The van der Waals surface area contributed by atoms with Crippen molar-refractivity contribution in [2.45, 2.75) is 6.92 Å². The summed E-state index contributed by atoms with van der Waals surface area (Å²) in [5.41, 5.74) is 5.08. The lowest BCUT2D eigenvalue weighted by Crippen LogP contribution is -2.17. The molecular formula is C23H18N2O5. The number of benzene rings is 3. The van der Waals surface area contributed by atoms with Gasteiger partial charge in [0.05, 0.1) is 11.8 Å². The first-order valence-corrected chi connectivity index (χ1v) is 9.20. The molecule has 3 aromatic carbocycles. The van der Waals surface area contributed by atoms with E-state index >= 15 is 0 Å². The number of ether oxygens (including phenoxy) is 3. The van der Waals surface area contributed by atoms with Crippen molar-refractivity contribution in [3.05, 3.63) is 89.0 Å². The summed E-state index contributed by atoms with van der Waals surface area (Å²) in [5, 5.41) is 3.95. The van der Waals surface area contributed by atoms with Gasteiger partial charge in [-0.15, -0.1) is 0 Å². The Labute approximate surface area is 172 Å². The Kier molecular flexibility index (Phi) is 5.43. The molecule has 7 heteroatoms. The highest BCUT2D eigenvalue weighted by molar-refractivity contribution is 5.95. The van der Waals surface area contributed by atoms with Crippen LogP contribution in [-0.2, 0) is 0 Å². The van der Waals surface area contributed by atoms with Gasteiger partial charge >= 0.3 is 5.97 Å². The van der Waals surface area contributed by atoms with E-state index < -0.39 is 5.97 Å². The summed E-state index contributed by atoms with van der Waals surface area (Å²) in [4.78, 5) is 24.4. The van der Waals surface area contributed by atoms with E-state index in [4.69, 9.17) is 14.2 Å². The fourth-order valence-corrected chi connectivity index (χ4v) is 2.83. The molecule has 30 heavy (non-hydrogen) atoms. The van der Waals surface area contributed by atoms with Gasteiger partial charge in [-0.2, -0.15) is 5.10 Å². The van der Waals surface area contributed by atoms with Crippen LogP contribution >= 0.6 is 0 Å². The van der Waals surface area contributed by atoms with Gasteiger partial charge in [0.2, 0.25) is 6.79 Å². The van der Waals surface area contributed by atoms with Gasteiger partial charge in [-0.05, 0) is 67.1 Å². The fraction of sp³-hybridized carbons (Fsp3) is 0.0870. The summed E-state index contributed by atoms with van der Waals surface area (Å²) in [6.45, 7) is 2.06. The lowest BCUT2D eigenvalue weighted by Gasteiger charge is -2.05. The van der Waals surface area contributed by atoms with E-state index in [9.17, 15) is 9.59 Å². The standard InChI is InChI=1S/C23H18N2O5/c1-15-3-2-4-18(11-15)23(27)30-19-8-5-16(6-9-19)13-24-25-22(26)17-7-10-20-21(12-17)29-14-28-20/h2-13H,14H2,1H3,(H,25,26)/b24-13-. The Bertz CT molecular complexity index is 1120. The monoisotopic (exact) mass is 402 g/mol. The second-order valence-corrected chi connectivity index (χ2v) is 6.60. The SMILES string of the molecule is Cc1cccc(C(=O)Oc2ccc(/C=N\NC(=O)c3ccc4c(c3)OCO4)cc2)c1. The summed E-state index contributed by atoms with van der Waals surface area (Å²) >= 11 is 0. The Morgan fingerprint density at radius 1 is 0.967 bits per heavy atom. The van der Waals surface area contributed by atoms with Crippen LogP contribution in [0.1, 0.15) is 31.8 Å². The number of aryl methyl sites for hydroxylation is 1. The zero-order valence-electron chi connectivity index (χ0n) is 16.1. The molecule has 7 nitrogen and oxygen atoms in total. The van der Waals surface area contributed by atoms with Crippen LogP contribution < -0.4 is 19.6 Å². The molecule has 3 aromatic rings. The summed E-state index contributed by atoms with van der Waals surface area (Å²) in [6.07, 6.45) is 1.50. The molecular weight excluding hydrogens is 384 g/mol. The van der Waals surface area contributed by atoms with Crippen molar-refractivity contribution in [2.24, 2.45) is 5.10 Å². The largest absolute Gasteiger partial charge is 0.454 e. The van der Waals surface area contributed by atoms with Gasteiger partial charge < -0.3 is 14.2 Å². The van der Waals surface area contributed by atoms with Gasteiger partial charge in [0, 0.05) is 5.56 Å². The molecule has 0 unspecified atom stereocenters. The maximum atomic E-state index is 12.2. The highest BCUT2D eigenvalue weighted by Crippen LogP contribution is 2.32. The minimum absolute atomic E-state index is 0.148. The van der Waals surface area contributed by atoms with E-state index in [1.807, 2.05) is 19.1 Å². The molecule has 4 rings (SSSR count). The quantitative estimate of drug-likeness (QED) is 0.304. The van der Waals surface area contributed by atoms with Gasteiger partial charge in [0.15, 0.2) is 11.5 Å². The molecule has 150 valence electrons. The number of esters is 1. The van der Waals surface area contributed by atoms with Crippen LogP contribution in [-0.4, -0.2) is 24.9 Å². The minimum atomic E-state index is -0.420. The van der Waals surface area contributed by atoms with Gasteiger partial charge in [-0.1, -0.05) is 17.7 Å². The van der Waals surface area contributed by atoms with Crippen molar-refractivity contribution in [3.63, 3.8) is 0 Å². The summed E-state index contributed by atoms with van der Waals surface area (Å²) in [6, 6.07) is 18.9. The van der Waals surface area contributed by atoms with Gasteiger partial charge in [-0.25, -0.2) is 10.2 Å². The third kappa shape index (κ3) is 4.47. The van der Waals surface area contributed by atoms with Crippen LogP contribution in [0.4, 0.5) is 0 Å². The summed E-state index contributed by atoms with van der Waals surface area (Å²) in [7, 11) is 0. The maximum Gasteiger partial charge on any atom is 0.343 e. The Balaban J connectivity index is 1.33. The first-order chi connectivity index (χ1) is 14.6. The van der Waals surface area contributed by atoms with E-state index in [-0.39, 0.29) is 12.7 Å². The van der Waals surface area contributed by atoms with Crippen LogP contribution in [0.25, 0.3) is 0 Å². The molecule has 1 aliphatic heterocycles. The molecule has 1 heterocycles. The number of carbonyl (C=O) groups excluding carboxylic acids is 2. The highest BCUT2D eigenvalue weighted by atomic mass is 16.7. The molecule has 1 amide bonds. The zero-order chi connectivity index (χ0) is 20.9. The molecule has 1 N–H and O–H groups in total. The Morgan fingerprint density at radius 3 is 2.57 bits per heavy atom. The molecule has 0 fully saturated rings. The number of carbonyl (C=O) groups is 2. The molecule has 0 radical (unpaired) electrons. The van der Waals surface area contributed by atoms with Crippen molar-refractivity contribution in [3.8, 4) is 17.2 Å². The number of amides is 1. The summed E-state index contributed by atoms with van der Waals surface area (Å²) in [5.74, 6) is 0.771. The van der Waals surface area contributed by atoms with E-state index in [0.717, 1.165) is 11.1 Å². The van der Waals surface area contributed by atoms with E-state index in [0.29, 0.717) is 28.4 Å². The number of hydrogen-bond acceptors (Lipinski definition) is 6. The van der Waals surface area contributed by atoms with Crippen molar-refractivity contribution in [1.29, 1.82) is 0 Å². The van der Waals surface area contributed by atoms with Crippen LogP contribution in [0.5, 0.6) is 17.2 Å². The van der Waals surface area contributed by atoms with Crippen LogP contribution in [0.15, 0.2) is 71.8 Å². The fourth-order valence-electron chi connectivity index (χ4n) is 2.83. The number of nitrogens with zero attached hydrogens (tertiary/aromatic N) is 1. The third-order valence-corrected chi connectivity index (χ3v) is 4.36. The number of rotatable bonds is 5. The Morgan fingerprint density at radius 2 is 1.77 bits per heavy atom. The van der Waals surface area contributed by atoms with Crippen LogP contribution in [0, 0.1) is 6.92 Å². The third-order valence-electron chi connectivity index (χ3n) is 4.36. The average molecular weight is 402 g/mol. The number of hydrazone groups is 1. The first-order valence-electron chi connectivity index (χ1n) is 9.20. The zero-order valence-corrected chi connectivity index (χ0v) is 16.1. The predicted octanol–water partition coefficient (Wildman–Crippen LogP) is 3.71. The molecule has 0 aliphatic carbocycles. The molecule has 0 aromatic heterocycles. The topological polar surface area (TPSA) is 86.2 Å². The highest BCUT2D eigenvalue weighted by Gasteiger charge is 2.15. The lowest BCUT2D eigenvalue weighted by atomic mass is 10.1. The van der Waals surface area contributed by atoms with Gasteiger partial charge in [0.1, 0.15) is 5.75 Å². The number of hydrogen-bond donors (Lipinski definition) is 1. The normalized spacial score (nSPS) is 12.0. The molecule has 0 spiro atoms. The van der Waals surface area contributed by atoms with Crippen molar-refractivity contribution in [2.75, 3.05) is 6.79 Å².